The molecule has 0 aromatic heterocycles. The molecule has 3 atom stereocenters. The zero-order valence-corrected chi connectivity index (χ0v) is 20.7. The van der Waals surface area contributed by atoms with Crippen LogP contribution in [0.15, 0.2) is 97.1 Å². The van der Waals surface area contributed by atoms with Gasteiger partial charge in [-0.25, -0.2) is 9.59 Å². The maximum atomic E-state index is 13.0. The maximum Gasteiger partial charge on any atom is 0.415 e. The van der Waals surface area contributed by atoms with Gasteiger partial charge in [0.2, 0.25) is 0 Å². The molecule has 6 nitrogen and oxygen atoms in total. The molecule has 1 aliphatic heterocycles. The summed E-state index contributed by atoms with van der Waals surface area (Å²) in [5.41, 5.74) is 2.61. The summed E-state index contributed by atoms with van der Waals surface area (Å²) in [6, 6.07) is 31.1. The Balaban J connectivity index is 1.29. The van der Waals surface area contributed by atoms with Gasteiger partial charge in [-0.1, -0.05) is 72.8 Å². The second-order valence-electron chi connectivity index (χ2n) is 9.58. The highest BCUT2D eigenvalue weighted by Gasteiger charge is 2.37. The van der Waals surface area contributed by atoms with Crippen LogP contribution in [0.25, 0.3) is 10.8 Å². The number of benzene rings is 4. The van der Waals surface area contributed by atoms with Gasteiger partial charge in [-0.3, -0.25) is 0 Å². The molecule has 0 saturated carbocycles. The Morgan fingerprint density at radius 1 is 0.919 bits per heavy atom. The fourth-order valence-electron chi connectivity index (χ4n) is 5.20. The van der Waals surface area contributed by atoms with Crippen molar-refractivity contribution in [2.45, 2.75) is 18.9 Å². The molecule has 1 saturated heterocycles. The molecule has 6 heteroatoms. The first-order chi connectivity index (χ1) is 18.0. The first-order valence-electron chi connectivity index (χ1n) is 12.6. The van der Waals surface area contributed by atoms with E-state index in [-0.39, 0.29) is 23.4 Å². The summed E-state index contributed by atoms with van der Waals surface area (Å²) >= 11 is 0. The van der Waals surface area contributed by atoms with Crippen molar-refractivity contribution in [2.75, 3.05) is 19.6 Å². The van der Waals surface area contributed by atoms with Crippen molar-refractivity contribution < 1.29 is 19.4 Å². The normalized spacial score (nSPS) is 18.0. The van der Waals surface area contributed by atoms with Crippen LogP contribution in [-0.2, 0) is 0 Å². The number of carboxylic acid groups (broad SMARTS) is 1. The van der Waals surface area contributed by atoms with Crippen molar-refractivity contribution in [2.24, 2.45) is 5.92 Å². The van der Waals surface area contributed by atoms with Crippen LogP contribution >= 0.6 is 0 Å². The Labute approximate surface area is 216 Å². The molecule has 0 radical (unpaired) electrons. The van der Waals surface area contributed by atoms with Gasteiger partial charge in [0.05, 0.1) is 5.56 Å². The molecule has 4 aromatic carbocycles. The van der Waals surface area contributed by atoms with Crippen LogP contribution < -0.4 is 10.1 Å². The first kappa shape index (κ1) is 24.5. The molecule has 1 amide bonds. The average Bonchev–Trinajstić information content (AvgIpc) is 3.37. The van der Waals surface area contributed by atoms with Gasteiger partial charge in [-0.05, 0) is 59.0 Å². The largest absolute Gasteiger partial charge is 0.478 e. The number of likely N-dealkylation sites (tertiary alicyclic amines) is 1. The Bertz CT molecular complexity index is 1380. The molecule has 4 aromatic rings. The number of nitrogens with one attached hydrogen (secondary N) is 1. The van der Waals surface area contributed by atoms with Crippen LogP contribution in [0.3, 0.4) is 0 Å². The van der Waals surface area contributed by atoms with Gasteiger partial charge in [0.1, 0.15) is 5.75 Å². The van der Waals surface area contributed by atoms with Gasteiger partial charge in [0, 0.05) is 31.6 Å². The van der Waals surface area contributed by atoms with Crippen LogP contribution in [0.4, 0.5) is 4.79 Å². The summed E-state index contributed by atoms with van der Waals surface area (Å²) in [6.45, 7) is 4.06. The van der Waals surface area contributed by atoms with E-state index < -0.39 is 12.1 Å². The van der Waals surface area contributed by atoms with Gasteiger partial charge >= 0.3 is 12.1 Å². The maximum absolute atomic E-state index is 13.0. The molecule has 1 heterocycles. The molecule has 1 aliphatic rings. The van der Waals surface area contributed by atoms with E-state index in [1.807, 2.05) is 18.2 Å². The number of hydrogen-bond donors (Lipinski definition) is 2. The zero-order valence-electron chi connectivity index (χ0n) is 20.7. The molecule has 37 heavy (non-hydrogen) atoms. The van der Waals surface area contributed by atoms with Crippen molar-refractivity contribution in [3.8, 4) is 5.75 Å². The van der Waals surface area contributed by atoms with Crippen molar-refractivity contribution in [3.63, 3.8) is 0 Å². The number of ether oxygens (including phenoxy) is 1. The zero-order chi connectivity index (χ0) is 25.8. The smallest absolute Gasteiger partial charge is 0.415 e. The van der Waals surface area contributed by atoms with Crippen LogP contribution in [0, 0.1) is 5.92 Å². The van der Waals surface area contributed by atoms with Gasteiger partial charge in [-0.2, -0.15) is 0 Å². The van der Waals surface area contributed by atoms with Gasteiger partial charge < -0.3 is 20.1 Å². The lowest BCUT2D eigenvalue weighted by atomic mass is 9.88. The van der Waals surface area contributed by atoms with Crippen molar-refractivity contribution in [3.05, 3.63) is 114 Å². The predicted octanol–water partition coefficient (Wildman–Crippen LogP) is 6.10. The summed E-state index contributed by atoms with van der Waals surface area (Å²) in [7, 11) is 0. The van der Waals surface area contributed by atoms with E-state index in [4.69, 9.17) is 9.84 Å². The Morgan fingerprint density at radius 3 is 2.38 bits per heavy atom. The fourth-order valence-corrected chi connectivity index (χ4v) is 5.20. The minimum Gasteiger partial charge on any atom is -0.478 e. The number of aromatic carboxylic acids is 1. The molecule has 1 fully saturated rings. The number of rotatable bonds is 7. The van der Waals surface area contributed by atoms with Crippen molar-refractivity contribution in [1.29, 1.82) is 0 Å². The molecular weight excluding hydrogens is 464 g/mol. The van der Waals surface area contributed by atoms with Crippen LogP contribution in [0.1, 0.15) is 40.4 Å². The topological polar surface area (TPSA) is 78.9 Å². The number of carbonyl (C=O) groups excluding carboxylic acids is 1. The van der Waals surface area contributed by atoms with E-state index in [9.17, 15) is 9.59 Å². The number of amides is 1. The number of carboxylic acids is 1. The summed E-state index contributed by atoms with van der Waals surface area (Å²) in [5, 5.41) is 15.3. The molecule has 0 bridgehead atoms. The molecule has 0 unspecified atom stereocenters. The highest BCUT2D eigenvalue weighted by atomic mass is 16.6. The van der Waals surface area contributed by atoms with Gasteiger partial charge in [0.15, 0.2) is 0 Å². The quantitative estimate of drug-likeness (QED) is 0.324. The summed E-state index contributed by atoms with van der Waals surface area (Å²) in [6.07, 6.45) is -0.423. The SMILES string of the molecule is C[C@H](NC[C@@H]1CN(C(=O)Oc2ccc(C(=O)O)cc2)C[C@@H]1c1ccccc1)c1cccc2ccccc12. The number of fused-ring (bicyclic) bond motifs is 1. The molecule has 0 aliphatic carbocycles. The first-order valence-corrected chi connectivity index (χ1v) is 12.6. The van der Waals surface area contributed by atoms with E-state index >= 15 is 0 Å². The van der Waals surface area contributed by atoms with Crippen LogP contribution in [0.5, 0.6) is 5.75 Å². The highest BCUT2D eigenvalue weighted by Crippen LogP contribution is 2.34. The molecule has 188 valence electrons. The summed E-state index contributed by atoms with van der Waals surface area (Å²) < 4.78 is 5.58. The minimum absolute atomic E-state index is 0.149. The number of hydrogen-bond acceptors (Lipinski definition) is 4. The summed E-state index contributed by atoms with van der Waals surface area (Å²) in [5.74, 6) is -0.300. The standard InChI is InChI=1S/C31H30N2O4/c1-21(27-13-7-11-22-10-5-6-12-28(22)27)32-18-25-19-33(20-29(25)23-8-3-2-4-9-23)31(36)37-26-16-14-24(15-17-26)30(34)35/h2-17,21,25,29,32H,18-20H2,1H3,(H,34,35)/t21-,25+,29+/m0/s1. The molecule has 5 rings (SSSR count). The van der Waals surface area contributed by atoms with Crippen LogP contribution in [-0.4, -0.2) is 41.7 Å². The predicted molar refractivity (Wildman–Crippen MR) is 144 cm³/mol. The molecule has 0 spiro atoms. The van der Waals surface area contributed by atoms with E-state index in [0.717, 1.165) is 6.54 Å². The van der Waals surface area contributed by atoms with E-state index in [2.05, 4.69) is 66.8 Å². The third kappa shape index (κ3) is 5.49. The highest BCUT2D eigenvalue weighted by molar-refractivity contribution is 5.88. The lowest BCUT2D eigenvalue weighted by Crippen LogP contribution is -2.33. The van der Waals surface area contributed by atoms with E-state index in [1.165, 1.54) is 46.2 Å². The van der Waals surface area contributed by atoms with Crippen molar-refractivity contribution >= 4 is 22.8 Å². The third-order valence-electron chi connectivity index (χ3n) is 7.21. The van der Waals surface area contributed by atoms with Gasteiger partial charge in [-0.15, -0.1) is 0 Å². The number of carbonyl (C=O) groups is 2. The van der Waals surface area contributed by atoms with E-state index in [1.54, 1.807) is 4.90 Å². The Hall–Kier alpha value is -4.16. The lowest BCUT2D eigenvalue weighted by Gasteiger charge is -2.23. The van der Waals surface area contributed by atoms with Crippen LogP contribution in [0.2, 0.25) is 0 Å². The van der Waals surface area contributed by atoms with Crippen molar-refractivity contribution in [1.82, 2.24) is 10.2 Å². The third-order valence-corrected chi connectivity index (χ3v) is 7.21. The summed E-state index contributed by atoms with van der Waals surface area (Å²) in [4.78, 5) is 25.9. The molecule has 2 N–H and O–H groups in total. The Kier molecular flexibility index (Phi) is 7.19. The van der Waals surface area contributed by atoms with Gasteiger partial charge in [0.25, 0.3) is 0 Å². The molecular formula is C31H30N2O4. The Morgan fingerprint density at radius 2 is 1.62 bits per heavy atom. The fraction of sp³-hybridized carbons (Fsp3) is 0.226. The lowest BCUT2D eigenvalue weighted by molar-refractivity contribution is 0.0697. The second kappa shape index (κ2) is 10.8. The average molecular weight is 495 g/mol. The van der Waals surface area contributed by atoms with E-state index in [0.29, 0.717) is 18.8 Å². The number of nitrogens with zero attached hydrogens (tertiary/aromatic N) is 1. The monoisotopic (exact) mass is 494 g/mol. The minimum atomic E-state index is -1.02. The second-order valence-corrected chi connectivity index (χ2v) is 9.58.